The third-order valence-corrected chi connectivity index (χ3v) is 3.15. The van der Waals surface area contributed by atoms with E-state index in [1.54, 1.807) is 31.4 Å². The van der Waals surface area contributed by atoms with E-state index in [2.05, 4.69) is 0 Å². The van der Waals surface area contributed by atoms with Gasteiger partial charge in [0.1, 0.15) is 5.75 Å². The Kier molecular flexibility index (Phi) is 2.80. The lowest BCUT2D eigenvalue weighted by Gasteiger charge is -2.04. The van der Waals surface area contributed by atoms with Crippen LogP contribution in [0.15, 0.2) is 60.8 Å². The Balaban J connectivity index is 2.03. The van der Waals surface area contributed by atoms with Crippen LogP contribution >= 0.6 is 0 Å². The number of nitrogens with zero attached hydrogens (tertiary/aromatic N) is 1. The van der Waals surface area contributed by atoms with E-state index >= 15 is 0 Å². The van der Waals surface area contributed by atoms with Crippen molar-refractivity contribution < 1.29 is 9.53 Å². The molecule has 19 heavy (non-hydrogen) atoms. The summed E-state index contributed by atoms with van der Waals surface area (Å²) in [6, 6.07) is 16.8. The number of ether oxygens (including phenoxy) is 1. The lowest BCUT2D eigenvalue weighted by Crippen LogP contribution is -2.04. The molecule has 2 heterocycles. The molecule has 2 aromatic heterocycles. The SMILES string of the molecule is COc1ccc(C(=O)c2ccc3ccccn23)cc1. The monoisotopic (exact) mass is 251 g/mol. The van der Waals surface area contributed by atoms with Gasteiger partial charge < -0.3 is 9.14 Å². The van der Waals surface area contributed by atoms with Crippen molar-refractivity contribution in [2.24, 2.45) is 0 Å². The van der Waals surface area contributed by atoms with Crippen LogP contribution in [0.5, 0.6) is 5.75 Å². The number of hydrogen-bond acceptors (Lipinski definition) is 2. The van der Waals surface area contributed by atoms with Crippen molar-refractivity contribution in [3.63, 3.8) is 0 Å². The quantitative estimate of drug-likeness (QED) is 0.669. The molecule has 3 aromatic rings. The van der Waals surface area contributed by atoms with Crippen molar-refractivity contribution in [3.8, 4) is 5.75 Å². The fourth-order valence-electron chi connectivity index (χ4n) is 2.13. The van der Waals surface area contributed by atoms with Crippen LogP contribution in [-0.4, -0.2) is 17.3 Å². The van der Waals surface area contributed by atoms with Crippen molar-refractivity contribution in [2.75, 3.05) is 7.11 Å². The number of rotatable bonds is 3. The van der Waals surface area contributed by atoms with Gasteiger partial charge in [0.2, 0.25) is 5.78 Å². The Bertz CT molecular complexity index is 726. The Labute approximate surface area is 111 Å². The minimum atomic E-state index is 0.00820. The second-order valence-corrected chi connectivity index (χ2v) is 4.27. The molecule has 3 rings (SSSR count). The van der Waals surface area contributed by atoms with Gasteiger partial charge in [0.15, 0.2) is 0 Å². The molecule has 0 saturated heterocycles. The molecule has 0 unspecified atom stereocenters. The van der Waals surface area contributed by atoms with Gasteiger partial charge >= 0.3 is 0 Å². The van der Waals surface area contributed by atoms with Gasteiger partial charge in [-0.3, -0.25) is 4.79 Å². The number of hydrogen-bond donors (Lipinski definition) is 0. The van der Waals surface area contributed by atoms with Gasteiger partial charge in [0, 0.05) is 17.3 Å². The summed E-state index contributed by atoms with van der Waals surface area (Å²) in [4.78, 5) is 12.5. The molecule has 0 aliphatic rings. The Hall–Kier alpha value is -2.55. The highest BCUT2D eigenvalue weighted by Gasteiger charge is 2.12. The van der Waals surface area contributed by atoms with Gasteiger partial charge in [-0.15, -0.1) is 0 Å². The van der Waals surface area contributed by atoms with Crippen LogP contribution in [0.4, 0.5) is 0 Å². The summed E-state index contributed by atoms with van der Waals surface area (Å²) in [7, 11) is 1.61. The standard InChI is InChI=1S/C16H13NO2/c1-19-14-8-5-12(6-9-14)16(18)15-10-7-13-4-2-3-11-17(13)15/h2-11H,1H3. The third-order valence-electron chi connectivity index (χ3n) is 3.15. The summed E-state index contributed by atoms with van der Waals surface area (Å²) < 4.78 is 6.99. The minimum Gasteiger partial charge on any atom is -0.497 e. The molecule has 0 amide bonds. The van der Waals surface area contributed by atoms with E-state index in [0.29, 0.717) is 11.3 Å². The zero-order valence-electron chi connectivity index (χ0n) is 10.5. The summed E-state index contributed by atoms with van der Waals surface area (Å²) in [5.41, 5.74) is 2.34. The van der Waals surface area contributed by atoms with Crippen molar-refractivity contribution in [1.29, 1.82) is 0 Å². The smallest absolute Gasteiger partial charge is 0.209 e. The molecule has 3 heteroatoms. The van der Waals surface area contributed by atoms with E-state index in [4.69, 9.17) is 4.74 Å². The zero-order valence-corrected chi connectivity index (χ0v) is 10.5. The maximum Gasteiger partial charge on any atom is 0.209 e. The number of carbonyl (C=O) groups is 1. The first kappa shape index (κ1) is 11.5. The van der Waals surface area contributed by atoms with E-state index in [1.807, 2.05) is 40.9 Å². The number of methoxy groups -OCH3 is 1. The second-order valence-electron chi connectivity index (χ2n) is 4.27. The number of pyridine rings is 1. The Morgan fingerprint density at radius 2 is 1.79 bits per heavy atom. The first-order chi connectivity index (χ1) is 9.29. The van der Waals surface area contributed by atoms with E-state index < -0.39 is 0 Å². The van der Waals surface area contributed by atoms with E-state index in [9.17, 15) is 4.79 Å². The average Bonchev–Trinajstić information content (AvgIpc) is 2.90. The minimum absolute atomic E-state index is 0.00820. The molecule has 0 atom stereocenters. The maximum atomic E-state index is 12.5. The van der Waals surface area contributed by atoms with Gasteiger partial charge in [0.25, 0.3) is 0 Å². The lowest BCUT2D eigenvalue weighted by molar-refractivity contribution is 0.103. The van der Waals surface area contributed by atoms with Crippen LogP contribution < -0.4 is 4.74 Å². The van der Waals surface area contributed by atoms with Gasteiger partial charge in [0.05, 0.1) is 12.8 Å². The summed E-state index contributed by atoms with van der Waals surface area (Å²) in [5, 5.41) is 0. The van der Waals surface area contributed by atoms with Crippen molar-refractivity contribution >= 4 is 11.3 Å². The number of aromatic nitrogens is 1. The normalized spacial score (nSPS) is 10.6. The largest absolute Gasteiger partial charge is 0.497 e. The molecule has 94 valence electrons. The number of fused-ring (bicyclic) bond motifs is 1. The van der Waals surface area contributed by atoms with Crippen LogP contribution in [0.3, 0.4) is 0 Å². The van der Waals surface area contributed by atoms with Crippen molar-refractivity contribution in [3.05, 3.63) is 72.1 Å². The first-order valence-corrected chi connectivity index (χ1v) is 6.04. The second kappa shape index (κ2) is 4.61. The molecule has 3 nitrogen and oxygen atoms in total. The highest BCUT2D eigenvalue weighted by atomic mass is 16.5. The highest BCUT2D eigenvalue weighted by molar-refractivity contribution is 6.08. The fraction of sp³-hybridized carbons (Fsp3) is 0.0625. The summed E-state index contributed by atoms with van der Waals surface area (Å²) in [5.74, 6) is 0.755. The van der Waals surface area contributed by atoms with Gasteiger partial charge in [-0.05, 0) is 48.5 Å². The average molecular weight is 251 g/mol. The van der Waals surface area contributed by atoms with Crippen LogP contribution in [0.1, 0.15) is 16.1 Å². The van der Waals surface area contributed by atoms with E-state index in [-0.39, 0.29) is 5.78 Å². The first-order valence-electron chi connectivity index (χ1n) is 6.04. The number of carbonyl (C=O) groups excluding carboxylic acids is 1. The van der Waals surface area contributed by atoms with Crippen LogP contribution in [0.2, 0.25) is 0 Å². The molecule has 1 aromatic carbocycles. The summed E-state index contributed by atoms with van der Waals surface area (Å²) in [6.45, 7) is 0. The number of benzene rings is 1. The zero-order chi connectivity index (χ0) is 13.2. The van der Waals surface area contributed by atoms with Gasteiger partial charge in [-0.25, -0.2) is 0 Å². The highest BCUT2D eigenvalue weighted by Crippen LogP contribution is 2.17. The van der Waals surface area contributed by atoms with Gasteiger partial charge in [-0.1, -0.05) is 6.07 Å². The number of ketones is 1. The van der Waals surface area contributed by atoms with E-state index in [0.717, 1.165) is 11.3 Å². The predicted octanol–water partition coefficient (Wildman–Crippen LogP) is 3.18. The molecule has 0 spiro atoms. The molecule has 0 bridgehead atoms. The molecule has 0 N–H and O–H groups in total. The molecular formula is C16H13NO2. The topological polar surface area (TPSA) is 30.7 Å². The Morgan fingerprint density at radius 3 is 2.53 bits per heavy atom. The van der Waals surface area contributed by atoms with Crippen LogP contribution in [0.25, 0.3) is 5.52 Å². The maximum absolute atomic E-state index is 12.5. The van der Waals surface area contributed by atoms with Crippen molar-refractivity contribution in [2.45, 2.75) is 0 Å². The fourth-order valence-corrected chi connectivity index (χ4v) is 2.13. The molecule has 0 aliphatic carbocycles. The Morgan fingerprint density at radius 1 is 1.00 bits per heavy atom. The lowest BCUT2D eigenvalue weighted by atomic mass is 10.1. The third kappa shape index (κ3) is 1.99. The van der Waals surface area contributed by atoms with E-state index in [1.165, 1.54) is 0 Å². The van der Waals surface area contributed by atoms with Crippen molar-refractivity contribution in [1.82, 2.24) is 4.40 Å². The molecule has 0 radical (unpaired) electrons. The summed E-state index contributed by atoms with van der Waals surface area (Å²) in [6.07, 6.45) is 1.89. The molecular weight excluding hydrogens is 238 g/mol. The van der Waals surface area contributed by atoms with Gasteiger partial charge in [-0.2, -0.15) is 0 Å². The van der Waals surface area contributed by atoms with Crippen LogP contribution in [-0.2, 0) is 0 Å². The summed E-state index contributed by atoms with van der Waals surface area (Å²) >= 11 is 0. The molecule has 0 fully saturated rings. The van der Waals surface area contributed by atoms with Crippen LogP contribution in [0, 0.1) is 0 Å². The molecule has 0 aliphatic heterocycles. The predicted molar refractivity (Wildman–Crippen MR) is 73.8 cm³/mol. The molecule has 0 saturated carbocycles.